The van der Waals surface area contributed by atoms with Crippen molar-refractivity contribution in [3.05, 3.63) is 59.9 Å². The van der Waals surface area contributed by atoms with Crippen molar-refractivity contribution >= 4 is 11.6 Å². The third-order valence-electron chi connectivity index (χ3n) is 4.69. The lowest BCUT2D eigenvalue weighted by molar-refractivity contribution is 0.114. The van der Waals surface area contributed by atoms with E-state index < -0.39 is 6.10 Å². The molecule has 1 unspecified atom stereocenters. The molecule has 7 heteroatoms. The molecular formula is C21H27FN4O2. The van der Waals surface area contributed by atoms with Crippen molar-refractivity contribution in [3.63, 3.8) is 0 Å². The molecule has 1 fully saturated rings. The zero-order chi connectivity index (χ0) is 19.9. The maximum atomic E-state index is 13.1. The van der Waals surface area contributed by atoms with Crippen LogP contribution >= 0.6 is 0 Å². The zero-order valence-corrected chi connectivity index (χ0v) is 16.1. The molecule has 0 bridgehead atoms. The first-order valence-electron chi connectivity index (χ1n) is 9.44. The minimum atomic E-state index is -0.723. The van der Waals surface area contributed by atoms with Crippen molar-refractivity contribution in [1.82, 2.24) is 4.90 Å². The predicted octanol–water partition coefficient (Wildman–Crippen LogP) is 2.01. The fourth-order valence-corrected chi connectivity index (χ4v) is 3.09. The SMILES string of the molecule is Cc1cccc(OCC(O)CN=C(N)N2CCN(c3ccc(F)cc3)CC2)c1. The maximum absolute atomic E-state index is 13.1. The highest BCUT2D eigenvalue weighted by Gasteiger charge is 2.19. The Bertz CT molecular complexity index is 789. The van der Waals surface area contributed by atoms with E-state index in [9.17, 15) is 9.50 Å². The highest BCUT2D eigenvalue weighted by Crippen LogP contribution is 2.17. The molecule has 1 aliphatic heterocycles. The van der Waals surface area contributed by atoms with Crippen LogP contribution in [0.2, 0.25) is 0 Å². The molecule has 0 amide bonds. The lowest BCUT2D eigenvalue weighted by atomic mass is 10.2. The minimum Gasteiger partial charge on any atom is -0.491 e. The number of halogens is 1. The molecular weight excluding hydrogens is 359 g/mol. The molecule has 0 aromatic heterocycles. The predicted molar refractivity (Wildman–Crippen MR) is 109 cm³/mol. The number of aliphatic hydroxyl groups excluding tert-OH is 1. The van der Waals surface area contributed by atoms with E-state index >= 15 is 0 Å². The number of benzene rings is 2. The molecule has 3 N–H and O–H groups in total. The normalized spacial score (nSPS) is 16.2. The van der Waals surface area contributed by atoms with Crippen molar-refractivity contribution in [1.29, 1.82) is 0 Å². The van der Waals surface area contributed by atoms with E-state index in [4.69, 9.17) is 10.5 Å². The van der Waals surface area contributed by atoms with E-state index in [1.807, 2.05) is 36.1 Å². The quantitative estimate of drug-likeness (QED) is 0.587. The van der Waals surface area contributed by atoms with Gasteiger partial charge < -0.3 is 25.4 Å². The van der Waals surface area contributed by atoms with Crippen LogP contribution in [0, 0.1) is 12.7 Å². The summed E-state index contributed by atoms with van der Waals surface area (Å²) >= 11 is 0. The van der Waals surface area contributed by atoms with Gasteiger partial charge in [-0.15, -0.1) is 0 Å². The minimum absolute atomic E-state index is 0.165. The first-order valence-corrected chi connectivity index (χ1v) is 9.44. The third-order valence-corrected chi connectivity index (χ3v) is 4.69. The summed E-state index contributed by atoms with van der Waals surface area (Å²) in [6.07, 6.45) is -0.723. The van der Waals surface area contributed by atoms with Crippen LogP contribution in [0.15, 0.2) is 53.5 Å². The number of nitrogens with two attached hydrogens (primary N) is 1. The Morgan fingerprint density at radius 2 is 1.89 bits per heavy atom. The molecule has 150 valence electrons. The van der Waals surface area contributed by atoms with Gasteiger partial charge in [0.05, 0.1) is 6.54 Å². The number of hydrogen-bond donors (Lipinski definition) is 2. The smallest absolute Gasteiger partial charge is 0.191 e. The molecule has 2 aromatic rings. The summed E-state index contributed by atoms with van der Waals surface area (Å²) in [6.45, 7) is 5.35. The zero-order valence-electron chi connectivity index (χ0n) is 16.1. The van der Waals surface area contributed by atoms with Gasteiger partial charge in [0.25, 0.3) is 0 Å². The average molecular weight is 386 g/mol. The second-order valence-corrected chi connectivity index (χ2v) is 6.93. The number of hydrogen-bond acceptors (Lipinski definition) is 4. The monoisotopic (exact) mass is 386 g/mol. The Hall–Kier alpha value is -2.80. The van der Waals surface area contributed by atoms with Gasteiger partial charge in [-0.25, -0.2) is 4.39 Å². The molecule has 3 rings (SSSR count). The Morgan fingerprint density at radius 3 is 2.57 bits per heavy atom. The van der Waals surface area contributed by atoms with E-state index in [1.54, 1.807) is 12.1 Å². The molecule has 0 aliphatic carbocycles. The van der Waals surface area contributed by atoms with E-state index in [1.165, 1.54) is 12.1 Å². The van der Waals surface area contributed by atoms with Crippen molar-refractivity contribution in [2.75, 3.05) is 44.2 Å². The van der Waals surface area contributed by atoms with Gasteiger partial charge in [0.2, 0.25) is 0 Å². The van der Waals surface area contributed by atoms with Gasteiger partial charge in [-0.3, -0.25) is 4.99 Å². The van der Waals surface area contributed by atoms with Crippen LogP contribution in [0.1, 0.15) is 5.56 Å². The molecule has 1 heterocycles. The summed E-state index contributed by atoms with van der Waals surface area (Å²) in [5.74, 6) is 0.921. The molecule has 1 saturated heterocycles. The lowest BCUT2D eigenvalue weighted by Gasteiger charge is -2.36. The number of aliphatic hydroxyl groups is 1. The van der Waals surface area contributed by atoms with Gasteiger partial charge in [-0.2, -0.15) is 0 Å². The van der Waals surface area contributed by atoms with Crippen LogP contribution in [0.5, 0.6) is 5.75 Å². The second kappa shape index (κ2) is 9.41. The van der Waals surface area contributed by atoms with E-state index in [0.717, 1.165) is 43.2 Å². The molecule has 0 saturated carbocycles. The van der Waals surface area contributed by atoms with Crippen LogP contribution in [-0.2, 0) is 0 Å². The molecule has 1 atom stereocenters. The summed E-state index contributed by atoms with van der Waals surface area (Å²) in [4.78, 5) is 8.49. The van der Waals surface area contributed by atoms with E-state index in [0.29, 0.717) is 5.96 Å². The molecule has 0 radical (unpaired) electrons. The van der Waals surface area contributed by atoms with Crippen molar-refractivity contribution < 1.29 is 14.2 Å². The van der Waals surface area contributed by atoms with Gasteiger partial charge in [0.1, 0.15) is 24.3 Å². The van der Waals surface area contributed by atoms with Gasteiger partial charge in [0, 0.05) is 31.9 Å². The fourth-order valence-electron chi connectivity index (χ4n) is 3.09. The van der Waals surface area contributed by atoms with Crippen LogP contribution < -0.4 is 15.4 Å². The summed E-state index contributed by atoms with van der Waals surface area (Å²) in [7, 11) is 0. The summed E-state index contributed by atoms with van der Waals surface area (Å²) in [6, 6.07) is 14.2. The highest BCUT2D eigenvalue weighted by molar-refractivity contribution is 5.78. The fraction of sp³-hybridized carbons (Fsp3) is 0.381. The topological polar surface area (TPSA) is 74.3 Å². The first kappa shape index (κ1) is 19.9. The number of aliphatic imine (C=N–C) groups is 1. The number of anilines is 1. The van der Waals surface area contributed by atoms with E-state index in [2.05, 4.69) is 9.89 Å². The van der Waals surface area contributed by atoms with Crippen LogP contribution in [-0.4, -0.2) is 61.4 Å². The number of piperazine rings is 1. The first-order chi connectivity index (χ1) is 13.5. The van der Waals surface area contributed by atoms with Gasteiger partial charge in [-0.05, 0) is 48.9 Å². The van der Waals surface area contributed by atoms with Crippen molar-refractivity contribution in [3.8, 4) is 5.75 Å². The van der Waals surface area contributed by atoms with Gasteiger partial charge in [0.15, 0.2) is 5.96 Å². The van der Waals surface area contributed by atoms with Crippen LogP contribution in [0.4, 0.5) is 10.1 Å². The van der Waals surface area contributed by atoms with Crippen molar-refractivity contribution in [2.24, 2.45) is 10.7 Å². The lowest BCUT2D eigenvalue weighted by Crippen LogP contribution is -2.51. The Labute approximate surface area is 165 Å². The highest BCUT2D eigenvalue weighted by atomic mass is 19.1. The van der Waals surface area contributed by atoms with E-state index in [-0.39, 0.29) is 19.0 Å². The second-order valence-electron chi connectivity index (χ2n) is 6.93. The summed E-state index contributed by atoms with van der Waals surface area (Å²) in [5, 5.41) is 10.1. The van der Waals surface area contributed by atoms with Gasteiger partial charge >= 0.3 is 0 Å². The largest absolute Gasteiger partial charge is 0.491 e. The number of rotatable bonds is 6. The molecule has 1 aliphatic rings. The van der Waals surface area contributed by atoms with Gasteiger partial charge in [-0.1, -0.05) is 12.1 Å². The standard InChI is InChI=1S/C21H27FN4O2/c1-16-3-2-4-20(13-16)28-15-19(27)14-24-21(23)26-11-9-25(10-12-26)18-7-5-17(22)6-8-18/h2-8,13,19,27H,9-12,14-15H2,1H3,(H2,23,24). The number of ether oxygens (including phenoxy) is 1. The summed E-state index contributed by atoms with van der Waals surface area (Å²) < 4.78 is 18.6. The van der Waals surface area contributed by atoms with Crippen LogP contribution in [0.25, 0.3) is 0 Å². The molecule has 2 aromatic carbocycles. The number of aryl methyl sites for hydroxylation is 1. The maximum Gasteiger partial charge on any atom is 0.191 e. The van der Waals surface area contributed by atoms with Crippen LogP contribution in [0.3, 0.4) is 0 Å². The molecule has 0 spiro atoms. The Morgan fingerprint density at radius 1 is 1.18 bits per heavy atom. The number of guanidine groups is 1. The third kappa shape index (κ3) is 5.60. The average Bonchev–Trinajstić information content (AvgIpc) is 2.71. The molecule has 6 nitrogen and oxygen atoms in total. The molecule has 28 heavy (non-hydrogen) atoms. The Kier molecular flexibility index (Phi) is 6.71. The van der Waals surface area contributed by atoms with Crippen molar-refractivity contribution in [2.45, 2.75) is 13.0 Å². The Balaban J connectivity index is 1.43. The summed E-state index contributed by atoms with van der Waals surface area (Å²) in [5.41, 5.74) is 8.19. The number of nitrogens with zero attached hydrogens (tertiary/aromatic N) is 3.